The average molecular weight is 1140 g/mol. The number of rotatable bonds is 31. The number of carbonyl (C=O) groups is 5. The zero-order valence-corrected chi connectivity index (χ0v) is 50.6. The van der Waals surface area contributed by atoms with Gasteiger partial charge in [0.2, 0.25) is 23.6 Å². The molecular weight excluding hydrogens is 1050 g/mol. The SMILES string of the molecule is Cc1ncsc1-c1ccc(CNC(=O)[C@@H]2C[C@@H](O)CN2C(=O)[C@@H](NCCCCCCCCCCCCCCCC(=O)N2CCN(c3ccc(C(=O)N4CCC(CCCCNC(=O)/C=C/c5cccnc5)CC4)cc3)CC2)C(C)(C)C)cc1. The smallest absolute Gasteiger partial charge is 0.253 e. The third-order valence-corrected chi connectivity index (χ3v) is 17.8. The van der Waals surface area contributed by atoms with Crippen molar-refractivity contribution in [2.45, 2.75) is 181 Å². The summed E-state index contributed by atoms with van der Waals surface area (Å²) in [5.74, 6) is 0.535. The maximum Gasteiger partial charge on any atom is 0.253 e. The molecule has 4 aromatic rings. The summed E-state index contributed by atoms with van der Waals surface area (Å²) in [5, 5.41) is 20.2. The van der Waals surface area contributed by atoms with Crippen LogP contribution in [0.25, 0.3) is 16.5 Å². The van der Waals surface area contributed by atoms with Crippen molar-refractivity contribution in [1.29, 1.82) is 0 Å². The van der Waals surface area contributed by atoms with Crippen molar-refractivity contribution >= 4 is 52.6 Å². The second kappa shape index (κ2) is 33.4. The molecule has 3 aliphatic rings. The van der Waals surface area contributed by atoms with E-state index < -0.39 is 18.2 Å². The second-order valence-electron chi connectivity index (χ2n) is 24.2. The van der Waals surface area contributed by atoms with Crippen molar-refractivity contribution < 1.29 is 29.1 Å². The summed E-state index contributed by atoms with van der Waals surface area (Å²) in [5.41, 5.74) is 7.28. The van der Waals surface area contributed by atoms with Crippen LogP contribution in [0.3, 0.4) is 0 Å². The molecule has 0 aliphatic carbocycles. The Morgan fingerprint density at radius 2 is 1.39 bits per heavy atom. The first-order chi connectivity index (χ1) is 39.7. The van der Waals surface area contributed by atoms with Gasteiger partial charge in [0.15, 0.2) is 0 Å². The van der Waals surface area contributed by atoms with Crippen LogP contribution in [0.5, 0.6) is 0 Å². The molecule has 5 amide bonds. The van der Waals surface area contributed by atoms with E-state index in [0.29, 0.717) is 25.4 Å². The minimum atomic E-state index is -0.733. The maximum atomic E-state index is 14.0. The Morgan fingerprint density at radius 3 is 2.01 bits per heavy atom. The Kier molecular flexibility index (Phi) is 25.9. The molecule has 15 nitrogen and oxygen atoms in total. The van der Waals surface area contributed by atoms with E-state index in [9.17, 15) is 29.1 Å². The number of thiazole rings is 1. The van der Waals surface area contributed by atoms with Gasteiger partial charge in [0, 0.05) is 101 Å². The number of β-amino-alcohol motifs (C(OH)–C–C–N with tert-alkyl or cyclic N) is 1. The Bertz CT molecular complexity index is 2610. The molecule has 0 bridgehead atoms. The molecule has 0 unspecified atom stereocenters. The normalized spacial score (nSPS) is 17.4. The van der Waals surface area contributed by atoms with Crippen molar-refractivity contribution in [3.63, 3.8) is 0 Å². The van der Waals surface area contributed by atoms with Gasteiger partial charge >= 0.3 is 0 Å². The highest BCUT2D eigenvalue weighted by atomic mass is 32.1. The van der Waals surface area contributed by atoms with Crippen LogP contribution in [0.15, 0.2) is 84.6 Å². The molecule has 2 aromatic carbocycles. The second-order valence-corrected chi connectivity index (χ2v) is 25.1. The van der Waals surface area contributed by atoms with Crippen LogP contribution < -0.4 is 20.9 Å². The molecule has 0 saturated carbocycles. The zero-order valence-electron chi connectivity index (χ0n) is 49.8. The highest BCUT2D eigenvalue weighted by molar-refractivity contribution is 7.13. The monoisotopic (exact) mass is 1140 g/mol. The van der Waals surface area contributed by atoms with Crippen LogP contribution in [-0.4, -0.2) is 136 Å². The van der Waals surface area contributed by atoms with Crippen LogP contribution in [0.2, 0.25) is 0 Å². The van der Waals surface area contributed by atoms with Crippen LogP contribution in [0, 0.1) is 18.3 Å². The van der Waals surface area contributed by atoms with E-state index in [-0.39, 0.29) is 47.9 Å². The molecule has 7 rings (SSSR count). The molecule has 0 spiro atoms. The molecule has 2 aromatic heterocycles. The molecule has 16 heteroatoms. The number of hydrogen-bond acceptors (Lipinski definition) is 11. The molecule has 4 N–H and O–H groups in total. The van der Waals surface area contributed by atoms with Gasteiger partial charge in [-0.2, -0.15) is 0 Å². The number of aryl methyl sites for hydroxylation is 1. The predicted molar refractivity (Wildman–Crippen MR) is 330 cm³/mol. The van der Waals surface area contributed by atoms with Crippen molar-refractivity contribution in [3.05, 3.63) is 107 Å². The maximum absolute atomic E-state index is 14.0. The number of carbonyl (C=O) groups excluding carboxylic acids is 5. The fraction of sp³-hybridized carbons (Fsp3) is 0.591. The molecule has 3 saturated heterocycles. The summed E-state index contributed by atoms with van der Waals surface area (Å²) in [4.78, 5) is 83.6. The van der Waals surface area contributed by atoms with E-state index >= 15 is 0 Å². The van der Waals surface area contributed by atoms with Crippen LogP contribution in [0.4, 0.5) is 5.69 Å². The topological polar surface area (TPSA) is 180 Å². The van der Waals surface area contributed by atoms with Crippen molar-refractivity contribution in [2.75, 3.05) is 63.8 Å². The molecule has 5 heterocycles. The first kappa shape index (κ1) is 63.6. The molecular formula is C66H95N9O6S. The molecule has 3 fully saturated rings. The summed E-state index contributed by atoms with van der Waals surface area (Å²) >= 11 is 1.61. The first-order valence-corrected chi connectivity index (χ1v) is 31.9. The molecule has 446 valence electrons. The van der Waals surface area contributed by atoms with Crippen LogP contribution in [-0.2, 0) is 25.7 Å². The number of piperidine rings is 1. The number of nitrogens with zero attached hydrogens (tertiary/aromatic N) is 6. The third-order valence-electron chi connectivity index (χ3n) is 16.8. The van der Waals surface area contributed by atoms with Gasteiger partial charge in [-0.15, -0.1) is 11.3 Å². The lowest BCUT2D eigenvalue weighted by Crippen LogP contribution is -2.56. The van der Waals surface area contributed by atoms with Crippen molar-refractivity contribution in [2.24, 2.45) is 11.3 Å². The lowest BCUT2D eigenvalue weighted by Gasteiger charge is -2.36. The quantitative estimate of drug-likeness (QED) is 0.0280. The fourth-order valence-electron chi connectivity index (χ4n) is 11.8. The summed E-state index contributed by atoms with van der Waals surface area (Å²) in [6, 6.07) is 18.7. The lowest BCUT2D eigenvalue weighted by molar-refractivity contribution is -0.142. The molecule has 3 atom stereocenters. The number of unbranched alkanes of at least 4 members (excludes halogenated alkanes) is 13. The van der Waals surface area contributed by atoms with E-state index in [2.05, 4.69) is 63.7 Å². The number of likely N-dealkylation sites (tertiary alicyclic amines) is 2. The molecule has 0 radical (unpaired) electrons. The number of piperazine rings is 1. The van der Waals surface area contributed by atoms with E-state index in [1.165, 1.54) is 57.8 Å². The minimum Gasteiger partial charge on any atom is -0.391 e. The summed E-state index contributed by atoms with van der Waals surface area (Å²) < 4.78 is 0. The first-order valence-electron chi connectivity index (χ1n) is 31.0. The number of aromatic nitrogens is 2. The van der Waals surface area contributed by atoms with E-state index in [4.69, 9.17) is 0 Å². The number of anilines is 1. The van der Waals surface area contributed by atoms with Gasteiger partial charge in [0.1, 0.15) is 6.04 Å². The average Bonchev–Trinajstić information content (AvgIpc) is 4.32. The van der Waals surface area contributed by atoms with E-state index in [1.807, 2.05) is 70.8 Å². The number of aliphatic hydroxyl groups is 1. The summed E-state index contributed by atoms with van der Waals surface area (Å²) in [6.45, 7) is 14.7. The number of hydrogen-bond donors (Lipinski definition) is 4. The Morgan fingerprint density at radius 1 is 0.744 bits per heavy atom. The lowest BCUT2D eigenvalue weighted by atomic mass is 9.85. The van der Waals surface area contributed by atoms with E-state index in [0.717, 1.165) is 142 Å². The number of nitrogens with one attached hydrogen (secondary N) is 3. The fourth-order valence-corrected chi connectivity index (χ4v) is 12.6. The molecule has 82 heavy (non-hydrogen) atoms. The summed E-state index contributed by atoms with van der Waals surface area (Å²) in [6.07, 6.45) is 27.3. The predicted octanol–water partition coefficient (Wildman–Crippen LogP) is 10.8. The van der Waals surface area contributed by atoms with Crippen molar-refractivity contribution in [3.8, 4) is 10.4 Å². The van der Waals surface area contributed by atoms with Gasteiger partial charge in [-0.3, -0.25) is 29.0 Å². The summed E-state index contributed by atoms with van der Waals surface area (Å²) in [7, 11) is 0. The number of aliphatic hydroxyl groups excluding tert-OH is 1. The van der Waals surface area contributed by atoms with Gasteiger partial charge < -0.3 is 40.7 Å². The number of pyridine rings is 1. The highest BCUT2D eigenvalue weighted by Crippen LogP contribution is 2.30. The van der Waals surface area contributed by atoms with Gasteiger partial charge in [-0.05, 0) is 110 Å². The van der Waals surface area contributed by atoms with E-state index in [1.54, 1.807) is 40.8 Å². The Hall–Kier alpha value is -5.97. The van der Waals surface area contributed by atoms with Gasteiger partial charge in [0.25, 0.3) is 5.91 Å². The molecule has 3 aliphatic heterocycles. The van der Waals surface area contributed by atoms with Gasteiger partial charge in [-0.1, -0.05) is 135 Å². The third kappa shape index (κ3) is 20.4. The number of benzene rings is 2. The van der Waals surface area contributed by atoms with Crippen molar-refractivity contribution in [1.82, 2.24) is 40.6 Å². The largest absolute Gasteiger partial charge is 0.391 e. The minimum absolute atomic E-state index is 0.0865. The Balaban J connectivity index is 0.654. The Labute approximate surface area is 493 Å². The standard InChI is InChI=1S/C66H95N9O6S/c1-50-61(82-49-71-50)54-27-24-53(25-28-54)47-70-63(79)58-45-57(76)48-75(58)65(81)62(66(2,3)4)69-38-18-15-13-11-9-7-5-6-8-10-12-14-16-23-60(78)73-43-41-72(42-44-73)56-31-29-55(30-32-56)64(80)74-39-34-51(35-40-74)21-17-19-37-68-59(77)33-26-52-22-20-36-67-46-52/h20,22,24-33,36,46,49,51,57-58,62,69,76H,5-19,21,23,34-35,37-45,47-48H2,1-4H3,(H,68,77)(H,70,79)/b33-26+/t57-,58+,62-/m1/s1. The zero-order chi connectivity index (χ0) is 58.1. The number of amides is 5. The van der Waals surface area contributed by atoms with Crippen LogP contribution >= 0.6 is 11.3 Å². The van der Waals surface area contributed by atoms with Crippen LogP contribution in [0.1, 0.15) is 176 Å². The van der Waals surface area contributed by atoms with Gasteiger partial charge in [-0.25, -0.2) is 4.98 Å². The highest BCUT2D eigenvalue weighted by Gasteiger charge is 2.43. The van der Waals surface area contributed by atoms with Gasteiger partial charge in [0.05, 0.1) is 28.2 Å².